The van der Waals surface area contributed by atoms with Gasteiger partial charge in [0.1, 0.15) is 0 Å². The first-order valence-corrected chi connectivity index (χ1v) is 3.86. The minimum Gasteiger partial charge on any atom is -0.377 e. The van der Waals surface area contributed by atoms with Crippen molar-refractivity contribution in [3.05, 3.63) is 0 Å². The third-order valence-electron chi connectivity index (χ3n) is 2.53. The molecule has 62 valence electrons. The molecule has 0 rings (SSSR count). The van der Waals surface area contributed by atoms with E-state index in [1.54, 1.807) is 7.11 Å². The smallest absolute Gasteiger partial charge is 0.0797 e. The van der Waals surface area contributed by atoms with Gasteiger partial charge in [0.15, 0.2) is 0 Å². The number of rotatable bonds is 4. The van der Waals surface area contributed by atoms with Gasteiger partial charge in [0, 0.05) is 13.7 Å². The summed E-state index contributed by atoms with van der Waals surface area (Å²) in [5.74, 6) is 0.530. The van der Waals surface area contributed by atoms with Crippen molar-refractivity contribution < 1.29 is 4.74 Å². The molecule has 0 amide bonds. The molecule has 0 bridgehead atoms. The van der Waals surface area contributed by atoms with Crippen LogP contribution in [0.15, 0.2) is 0 Å². The van der Waals surface area contributed by atoms with Crippen LogP contribution in [0, 0.1) is 5.92 Å². The number of hydrogen-bond acceptors (Lipinski definition) is 2. The minimum atomic E-state index is -0.130. The predicted octanol–water partition coefficient (Wildman–Crippen LogP) is 1.40. The van der Waals surface area contributed by atoms with Gasteiger partial charge in [-0.1, -0.05) is 20.3 Å². The summed E-state index contributed by atoms with van der Waals surface area (Å²) in [5.41, 5.74) is 5.44. The number of hydrogen-bond donors (Lipinski definition) is 1. The molecule has 0 aliphatic heterocycles. The lowest BCUT2D eigenvalue weighted by Crippen LogP contribution is -2.42. The van der Waals surface area contributed by atoms with Gasteiger partial charge in [-0.3, -0.25) is 0 Å². The van der Waals surface area contributed by atoms with E-state index >= 15 is 0 Å². The van der Waals surface area contributed by atoms with Crippen LogP contribution in [-0.2, 0) is 4.74 Å². The van der Waals surface area contributed by atoms with Crippen molar-refractivity contribution in [1.29, 1.82) is 0 Å². The summed E-state index contributed by atoms with van der Waals surface area (Å²) in [6.07, 6.45) is 1.11. The lowest BCUT2D eigenvalue weighted by molar-refractivity contribution is -0.0310. The fourth-order valence-corrected chi connectivity index (χ4v) is 0.917. The molecule has 2 atom stereocenters. The van der Waals surface area contributed by atoms with Gasteiger partial charge in [-0.15, -0.1) is 0 Å². The predicted molar refractivity (Wildman–Crippen MR) is 43.9 cm³/mol. The second kappa shape index (κ2) is 3.94. The van der Waals surface area contributed by atoms with Crippen LogP contribution in [0.25, 0.3) is 0 Å². The maximum atomic E-state index is 5.57. The highest BCUT2D eigenvalue weighted by molar-refractivity contribution is 4.80. The Morgan fingerprint density at radius 1 is 1.60 bits per heavy atom. The van der Waals surface area contributed by atoms with E-state index in [1.165, 1.54) is 0 Å². The normalized spacial score (nSPS) is 20.1. The van der Waals surface area contributed by atoms with Crippen molar-refractivity contribution in [2.45, 2.75) is 32.8 Å². The summed E-state index contributed by atoms with van der Waals surface area (Å²) in [4.78, 5) is 0. The molecule has 0 radical (unpaired) electrons. The van der Waals surface area contributed by atoms with Gasteiger partial charge in [-0.2, -0.15) is 0 Å². The molecule has 0 aliphatic rings. The molecule has 0 heterocycles. The van der Waals surface area contributed by atoms with Crippen LogP contribution in [-0.4, -0.2) is 19.3 Å². The Morgan fingerprint density at radius 2 is 2.10 bits per heavy atom. The minimum absolute atomic E-state index is 0.130. The molecule has 2 unspecified atom stereocenters. The zero-order valence-corrected chi connectivity index (χ0v) is 7.48. The van der Waals surface area contributed by atoms with Crippen molar-refractivity contribution in [3.63, 3.8) is 0 Å². The van der Waals surface area contributed by atoms with Crippen LogP contribution in [0.1, 0.15) is 27.2 Å². The van der Waals surface area contributed by atoms with E-state index in [0.29, 0.717) is 12.5 Å². The third kappa shape index (κ3) is 1.96. The van der Waals surface area contributed by atoms with Crippen LogP contribution in [0.2, 0.25) is 0 Å². The highest BCUT2D eigenvalue weighted by Gasteiger charge is 2.27. The maximum Gasteiger partial charge on any atom is 0.0797 e. The molecule has 0 saturated heterocycles. The molecule has 2 nitrogen and oxygen atoms in total. The molecular weight excluding hydrogens is 126 g/mol. The average molecular weight is 145 g/mol. The van der Waals surface area contributed by atoms with E-state index in [2.05, 4.69) is 20.8 Å². The molecule has 0 aliphatic carbocycles. The zero-order valence-electron chi connectivity index (χ0n) is 7.48. The van der Waals surface area contributed by atoms with Crippen molar-refractivity contribution in [1.82, 2.24) is 0 Å². The molecular formula is C8H19NO. The largest absolute Gasteiger partial charge is 0.377 e. The summed E-state index contributed by atoms with van der Waals surface area (Å²) >= 11 is 0. The van der Waals surface area contributed by atoms with Gasteiger partial charge in [-0.05, 0) is 12.8 Å². The lowest BCUT2D eigenvalue weighted by Gasteiger charge is -2.32. The van der Waals surface area contributed by atoms with Crippen LogP contribution >= 0.6 is 0 Å². The SMILES string of the molecule is CCC(C)C(C)(CN)OC. The van der Waals surface area contributed by atoms with Crippen molar-refractivity contribution in [2.24, 2.45) is 11.7 Å². The van der Waals surface area contributed by atoms with E-state index in [4.69, 9.17) is 10.5 Å². The molecule has 10 heavy (non-hydrogen) atoms. The zero-order chi connectivity index (χ0) is 8.20. The first-order valence-electron chi connectivity index (χ1n) is 3.86. The summed E-state index contributed by atoms with van der Waals surface area (Å²) in [6, 6.07) is 0. The summed E-state index contributed by atoms with van der Waals surface area (Å²) < 4.78 is 5.31. The second-order valence-electron chi connectivity index (χ2n) is 3.03. The van der Waals surface area contributed by atoms with E-state index in [1.807, 2.05) is 0 Å². The highest BCUT2D eigenvalue weighted by Crippen LogP contribution is 2.21. The fraction of sp³-hybridized carbons (Fsp3) is 1.00. The molecule has 0 aromatic rings. The fourth-order valence-electron chi connectivity index (χ4n) is 0.917. The highest BCUT2D eigenvalue weighted by atomic mass is 16.5. The molecule has 2 N–H and O–H groups in total. The summed E-state index contributed by atoms with van der Waals surface area (Å²) in [6.45, 7) is 6.97. The van der Waals surface area contributed by atoms with Gasteiger partial charge in [-0.25, -0.2) is 0 Å². The Labute approximate surface area is 63.7 Å². The van der Waals surface area contributed by atoms with Gasteiger partial charge >= 0.3 is 0 Å². The van der Waals surface area contributed by atoms with Crippen LogP contribution < -0.4 is 5.73 Å². The Balaban J connectivity index is 4.02. The molecule has 0 spiro atoms. The average Bonchev–Trinajstić information content (AvgIpc) is 2.01. The quantitative estimate of drug-likeness (QED) is 0.649. The Hall–Kier alpha value is -0.0800. The van der Waals surface area contributed by atoms with Gasteiger partial charge < -0.3 is 10.5 Å². The number of ether oxygens (including phenoxy) is 1. The van der Waals surface area contributed by atoms with E-state index in [9.17, 15) is 0 Å². The molecule has 0 aromatic carbocycles. The van der Waals surface area contributed by atoms with Crippen molar-refractivity contribution in [3.8, 4) is 0 Å². The monoisotopic (exact) mass is 145 g/mol. The van der Waals surface area contributed by atoms with Crippen molar-refractivity contribution in [2.75, 3.05) is 13.7 Å². The second-order valence-corrected chi connectivity index (χ2v) is 3.03. The maximum absolute atomic E-state index is 5.57. The summed E-state index contributed by atoms with van der Waals surface area (Å²) in [5, 5.41) is 0. The number of nitrogens with two attached hydrogens (primary N) is 1. The van der Waals surface area contributed by atoms with Crippen molar-refractivity contribution >= 4 is 0 Å². The van der Waals surface area contributed by atoms with Gasteiger partial charge in [0.25, 0.3) is 0 Å². The Morgan fingerprint density at radius 3 is 2.20 bits per heavy atom. The van der Waals surface area contributed by atoms with Crippen LogP contribution in [0.4, 0.5) is 0 Å². The molecule has 0 fully saturated rings. The van der Waals surface area contributed by atoms with E-state index in [0.717, 1.165) is 6.42 Å². The van der Waals surface area contributed by atoms with Crippen LogP contribution in [0.5, 0.6) is 0 Å². The first kappa shape index (κ1) is 9.92. The van der Waals surface area contributed by atoms with Gasteiger partial charge in [0.2, 0.25) is 0 Å². The number of methoxy groups -OCH3 is 1. The Bertz CT molecular complexity index is 89.3. The first-order chi connectivity index (χ1) is 4.60. The lowest BCUT2D eigenvalue weighted by atomic mass is 9.89. The van der Waals surface area contributed by atoms with Gasteiger partial charge in [0.05, 0.1) is 5.60 Å². The van der Waals surface area contributed by atoms with E-state index in [-0.39, 0.29) is 5.60 Å². The molecule has 2 heteroatoms. The van der Waals surface area contributed by atoms with Crippen LogP contribution in [0.3, 0.4) is 0 Å². The standard InChI is InChI=1S/C8H19NO/c1-5-7(2)8(3,6-9)10-4/h7H,5-6,9H2,1-4H3. The Kier molecular flexibility index (Phi) is 3.91. The van der Waals surface area contributed by atoms with E-state index < -0.39 is 0 Å². The topological polar surface area (TPSA) is 35.2 Å². The third-order valence-corrected chi connectivity index (χ3v) is 2.53. The summed E-state index contributed by atoms with van der Waals surface area (Å²) in [7, 11) is 1.72. The molecule has 0 saturated carbocycles. The molecule has 0 aromatic heterocycles.